The Morgan fingerprint density at radius 3 is 2.94 bits per heavy atom. The van der Waals surface area contributed by atoms with Gasteiger partial charge >= 0.3 is 0 Å². The first-order chi connectivity index (χ1) is 7.65. The molecule has 0 unspecified atom stereocenters. The number of hydrogen-bond acceptors (Lipinski definition) is 4. The third-order valence-electron chi connectivity index (χ3n) is 1.72. The number of nitrogens with zero attached hydrogens (tertiary/aromatic N) is 1. The molecule has 0 radical (unpaired) electrons. The van der Waals surface area contributed by atoms with E-state index in [4.69, 9.17) is 16.3 Å². The van der Waals surface area contributed by atoms with Crippen LogP contribution in [0.5, 0.6) is 10.9 Å². The summed E-state index contributed by atoms with van der Waals surface area (Å²) in [6.07, 6.45) is 1.65. The Bertz CT molecular complexity index is 529. The second-order valence-electron chi connectivity index (χ2n) is 2.83. The molecule has 0 spiro atoms. The number of hydrogen-bond donors (Lipinski definition) is 0. The first-order valence-corrected chi connectivity index (χ1v) is 6.23. The largest absolute Gasteiger partial charge is 0.431 e. The molecular formula is C10H5BrClNO2S. The van der Waals surface area contributed by atoms with E-state index in [1.54, 1.807) is 30.5 Å². The van der Waals surface area contributed by atoms with Crippen molar-refractivity contribution in [1.29, 1.82) is 0 Å². The van der Waals surface area contributed by atoms with E-state index >= 15 is 0 Å². The van der Waals surface area contributed by atoms with Gasteiger partial charge in [0.1, 0.15) is 5.75 Å². The standard InChI is InChI=1S/C10H5BrClNO2S/c11-8-5-13-10(16-8)15-7-3-1-2-6(4-7)9(12)14/h1-5H. The van der Waals surface area contributed by atoms with Crippen LogP contribution in [0.4, 0.5) is 0 Å². The maximum Gasteiger partial charge on any atom is 0.279 e. The van der Waals surface area contributed by atoms with Gasteiger partial charge in [0.15, 0.2) is 0 Å². The maximum absolute atomic E-state index is 10.9. The summed E-state index contributed by atoms with van der Waals surface area (Å²) in [6, 6.07) is 6.64. The van der Waals surface area contributed by atoms with Gasteiger partial charge in [-0.2, -0.15) is 0 Å². The number of carbonyl (C=O) groups excluding carboxylic acids is 1. The quantitative estimate of drug-likeness (QED) is 0.801. The molecule has 0 aliphatic heterocycles. The van der Waals surface area contributed by atoms with E-state index in [0.717, 1.165) is 3.79 Å². The fourth-order valence-electron chi connectivity index (χ4n) is 1.07. The fraction of sp³-hybridized carbons (Fsp3) is 0. The van der Waals surface area contributed by atoms with Gasteiger partial charge in [-0.25, -0.2) is 4.98 Å². The Morgan fingerprint density at radius 2 is 2.31 bits per heavy atom. The SMILES string of the molecule is O=C(Cl)c1cccc(Oc2ncc(Br)s2)c1. The molecule has 6 heteroatoms. The minimum atomic E-state index is -0.509. The molecule has 16 heavy (non-hydrogen) atoms. The molecule has 0 aliphatic carbocycles. The van der Waals surface area contributed by atoms with Crippen LogP contribution < -0.4 is 4.74 Å². The first-order valence-electron chi connectivity index (χ1n) is 4.24. The molecule has 0 amide bonds. The van der Waals surface area contributed by atoms with Crippen LogP contribution in [0, 0.1) is 0 Å². The van der Waals surface area contributed by atoms with Crippen molar-refractivity contribution in [3.63, 3.8) is 0 Å². The molecule has 1 aromatic heterocycles. The smallest absolute Gasteiger partial charge is 0.279 e. The van der Waals surface area contributed by atoms with Crippen molar-refractivity contribution in [2.45, 2.75) is 0 Å². The Balaban J connectivity index is 2.21. The van der Waals surface area contributed by atoms with Crippen LogP contribution in [0.15, 0.2) is 34.2 Å². The van der Waals surface area contributed by atoms with Crippen LogP contribution in [0.25, 0.3) is 0 Å². The Labute approximate surface area is 109 Å². The second-order valence-corrected chi connectivity index (χ2v) is 5.55. The van der Waals surface area contributed by atoms with E-state index in [1.807, 2.05) is 0 Å². The van der Waals surface area contributed by atoms with Gasteiger partial charge in [0.05, 0.1) is 9.98 Å². The second kappa shape index (κ2) is 4.95. The highest BCUT2D eigenvalue weighted by Gasteiger charge is 2.06. The summed E-state index contributed by atoms with van der Waals surface area (Å²) in [6.45, 7) is 0. The van der Waals surface area contributed by atoms with Crippen LogP contribution in [0.3, 0.4) is 0 Å². The Kier molecular flexibility index (Phi) is 3.58. The molecule has 0 aliphatic rings. The van der Waals surface area contributed by atoms with Crippen LogP contribution in [0.1, 0.15) is 10.4 Å². The number of benzene rings is 1. The summed E-state index contributed by atoms with van der Waals surface area (Å²) in [5, 5.41) is -0.00295. The van der Waals surface area contributed by atoms with Gasteiger partial charge in [-0.3, -0.25) is 4.79 Å². The minimum Gasteiger partial charge on any atom is -0.431 e. The molecule has 1 aromatic carbocycles. The van der Waals surface area contributed by atoms with E-state index in [0.29, 0.717) is 16.5 Å². The zero-order valence-electron chi connectivity index (χ0n) is 7.81. The number of carbonyl (C=O) groups is 1. The van der Waals surface area contributed by atoms with E-state index in [-0.39, 0.29) is 0 Å². The number of aromatic nitrogens is 1. The molecule has 82 valence electrons. The number of thiazole rings is 1. The van der Waals surface area contributed by atoms with Crippen molar-refractivity contribution in [3.8, 4) is 10.9 Å². The van der Waals surface area contributed by atoms with E-state index in [9.17, 15) is 4.79 Å². The third kappa shape index (κ3) is 2.81. The van der Waals surface area contributed by atoms with Crippen LogP contribution in [0.2, 0.25) is 0 Å². The molecule has 2 aromatic rings. The van der Waals surface area contributed by atoms with Gasteiger partial charge in [0, 0.05) is 5.56 Å². The zero-order chi connectivity index (χ0) is 11.5. The van der Waals surface area contributed by atoms with Crippen molar-refractivity contribution < 1.29 is 9.53 Å². The van der Waals surface area contributed by atoms with Crippen molar-refractivity contribution in [2.24, 2.45) is 0 Å². The lowest BCUT2D eigenvalue weighted by Gasteiger charge is -2.01. The molecule has 3 nitrogen and oxygen atoms in total. The van der Waals surface area contributed by atoms with Crippen LogP contribution in [-0.4, -0.2) is 10.2 Å². The summed E-state index contributed by atoms with van der Waals surface area (Å²) >= 11 is 10.0. The summed E-state index contributed by atoms with van der Waals surface area (Å²) < 4.78 is 6.34. The summed E-state index contributed by atoms with van der Waals surface area (Å²) in [5.41, 5.74) is 0.398. The molecule has 0 fully saturated rings. The van der Waals surface area contributed by atoms with E-state index in [1.165, 1.54) is 11.3 Å². The summed E-state index contributed by atoms with van der Waals surface area (Å²) in [7, 11) is 0. The molecule has 0 N–H and O–H groups in total. The first kappa shape index (κ1) is 11.6. The highest BCUT2D eigenvalue weighted by atomic mass is 79.9. The van der Waals surface area contributed by atoms with Gasteiger partial charge < -0.3 is 4.74 Å². The monoisotopic (exact) mass is 317 g/mol. The van der Waals surface area contributed by atoms with Crippen LogP contribution >= 0.6 is 38.9 Å². The molecule has 0 atom stereocenters. The zero-order valence-corrected chi connectivity index (χ0v) is 11.0. The number of rotatable bonds is 3. The lowest BCUT2D eigenvalue weighted by molar-refractivity contribution is 0.108. The van der Waals surface area contributed by atoms with Crippen molar-refractivity contribution in [1.82, 2.24) is 4.98 Å². The van der Waals surface area contributed by atoms with Gasteiger partial charge in [-0.1, -0.05) is 17.4 Å². The van der Waals surface area contributed by atoms with E-state index < -0.39 is 5.24 Å². The van der Waals surface area contributed by atoms with E-state index in [2.05, 4.69) is 20.9 Å². The average Bonchev–Trinajstić information content (AvgIpc) is 2.64. The minimum absolute atomic E-state index is 0.398. The highest BCUT2D eigenvalue weighted by Crippen LogP contribution is 2.29. The molecule has 0 saturated heterocycles. The van der Waals surface area contributed by atoms with Crippen molar-refractivity contribution in [3.05, 3.63) is 39.8 Å². The molecule has 0 saturated carbocycles. The van der Waals surface area contributed by atoms with Gasteiger partial charge in [-0.15, -0.1) is 0 Å². The average molecular weight is 319 g/mol. The van der Waals surface area contributed by atoms with Gasteiger partial charge in [-0.05, 0) is 45.7 Å². The van der Waals surface area contributed by atoms with Crippen molar-refractivity contribution >= 4 is 44.1 Å². The maximum atomic E-state index is 10.9. The Morgan fingerprint density at radius 1 is 1.50 bits per heavy atom. The van der Waals surface area contributed by atoms with Crippen molar-refractivity contribution in [2.75, 3.05) is 0 Å². The lowest BCUT2D eigenvalue weighted by Crippen LogP contribution is -1.89. The lowest BCUT2D eigenvalue weighted by atomic mass is 10.2. The third-order valence-corrected chi connectivity index (χ3v) is 3.29. The summed E-state index contributed by atoms with van der Waals surface area (Å²) in [4.78, 5) is 15.0. The Hall–Kier alpha value is -0.910. The topological polar surface area (TPSA) is 39.2 Å². The number of ether oxygens (including phenoxy) is 1. The van der Waals surface area contributed by atoms with Gasteiger partial charge in [0.25, 0.3) is 10.4 Å². The molecular weight excluding hydrogens is 314 g/mol. The predicted molar refractivity (Wildman–Crippen MR) is 66.5 cm³/mol. The molecule has 0 bridgehead atoms. The predicted octanol–water partition coefficient (Wildman–Crippen LogP) is 4.08. The fourth-order valence-corrected chi connectivity index (χ4v) is 2.22. The molecule has 1 heterocycles. The molecule has 2 rings (SSSR count). The number of halogens is 2. The van der Waals surface area contributed by atoms with Gasteiger partial charge in [0.2, 0.25) is 0 Å². The van der Waals surface area contributed by atoms with Crippen LogP contribution in [-0.2, 0) is 0 Å². The summed E-state index contributed by atoms with van der Waals surface area (Å²) in [5.74, 6) is 0.536. The normalized spacial score (nSPS) is 10.1. The highest BCUT2D eigenvalue weighted by molar-refractivity contribution is 9.11.